The molecule has 11 heteroatoms. The van der Waals surface area contributed by atoms with Gasteiger partial charge in [0.25, 0.3) is 0 Å². The summed E-state index contributed by atoms with van der Waals surface area (Å²) in [5.41, 5.74) is 6.68. The number of hydrogen-bond donors (Lipinski definition) is 5. The molecule has 0 fully saturated rings. The van der Waals surface area contributed by atoms with Gasteiger partial charge in [0.05, 0.1) is 21.8 Å². The SMILES string of the molecule is CCC(=O)c1scc(NC(C)c2cccc(C(F)(F)F)c2)c1NC(=O)Nc1ccc(C(=N)N)cc1. The standard InChI is InChI=1S/C24H24F3N5O2S/c1-3-19(33)21-20(32-23(34)31-17-9-7-14(8-10-17)22(28)29)18(12-35-21)30-13(2)15-5-4-6-16(11-15)24(25,26)27/h4-13,30H,3H2,1-2H3,(H3,28,29)(H2,31,32,34). The number of hydrogen-bond acceptors (Lipinski definition) is 5. The van der Waals surface area contributed by atoms with E-state index < -0.39 is 23.8 Å². The molecule has 7 nitrogen and oxygen atoms in total. The molecule has 0 spiro atoms. The van der Waals surface area contributed by atoms with Gasteiger partial charge in [0.15, 0.2) is 5.78 Å². The van der Waals surface area contributed by atoms with Crippen LogP contribution >= 0.6 is 11.3 Å². The van der Waals surface area contributed by atoms with E-state index in [-0.39, 0.29) is 23.7 Å². The fourth-order valence-electron chi connectivity index (χ4n) is 3.26. The molecule has 3 rings (SSSR count). The summed E-state index contributed by atoms with van der Waals surface area (Å²) in [6, 6.07) is 10.1. The van der Waals surface area contributed by atoms with E-state index >= 15 is 0 Å². The predicted octanol–water partition coefficient (Wildman–Crippen LogP) is 6.46. The van der Waals surface area contributed by atoms with Gasteiger partial charge < -0.3 is 21.7 Å². The van der Waals surface area contributed by atoms with Gasteiger partial charge in [0.2, 0.25) is 0 Å². The molecule has 1 atom stereocenters. The summed E-state index contributed by atoms with van der Waals surface area (Å²) >= 11 is 1.13. The van der Waals surface area contributed by atoms with Crippen molar-refractivity contribution in [2.24, 2.45) is 5.73 Å². The van der Waals surface area contributed by atoms with Crippen LogP contribution in [0, 0.1) is 5.41 Å². The van der Waals surface area contributed by atoms with Gasteiger partial charge in [-0.3, -0.25) is 10.2 Å². The first kappa shape index (κ1) is 25.8. The molecule has 1 unspecified atom stereocenters. The molecule has 0 radical (unpaired) electrons. The van der Waals surface area contributed by atoms with E-state index in [9.17, 15) is 22.8 Å². The highest BCUT2D eigenvalue weighted by molar-refractivity contribution is 7.13. The quantitative estimate of drug-likeness (QED) is 0.138. The van der Waals surface area contributed by atoms with Crippen molar-refractivity contribution < 1.29 is 22.8 Å². The number of amides is 2. The molecule has 0 bridgehead atoms. The van der Waals surface area contributed by atoms with Crippen molar-refractivity contribution in [2.45, 2.75) is 32.5 Å². The van der Waals surface area contributed by atoms with Crippen molar-refractivity contribution >= 4 is 46.0 Å². The van der Waals surface area contributed by atoms with Gasteiger partial charge in [-0.05, 0) is 48.9 Å². The smallest absolute Gasteiger partial charge is 0.384 e. The lowest BCUT2D eigenvalue weighted by Crippen LogP contribution is -2.21. The average Bonchev–Trinajstić information content (AvgIpc) is 3.20. The number of ketones is 1. The maximum absolute atomic E-state index is 13.1. The third-order valence-corrected chi connectivity index (χ3v) is 6.16. The van der Waals surface area contributed by atoms with E-state index in [1.54, 1.807) is 49.6 Å². The summed E-state index contributed by atoms with van der Waals surface area (Å²) in [7, 11) is 0. The first-order chi connectivity index (χ1) is 16.5. The first-order valence-corrected chi connectivity index (χ1v) is 11.5. The van der Waals surface area contributed by atoms with E-state index in [0.717, 1.165) is 23.5 Å². The summed E-state index contributed by atoms with van der Waals surface area (Å²) in [5.74, 6) is -0.288. The third kappa shape index (κ3) is 6.38. The van der Waals surface area contributed by atoms with E-state index in [4.69, 9.17) is 11.1 Å². The van der Waals surface area contributed by atoms with Gasteiger partial charge >= 0.3 is 12.2 Å². The summed E-state index contributed by atoms with van der Waals surface area (Å²) in [5, 5.41) is 17.5. The van der Waals surface area contributed by atoms with E-state index in [2.05, 4.69) is 16.0 Å². The number of urea groups is 1. The van der Waals surface area contributed by atoms with Crippen LogP contribution in [0.4, 0.5) is 35.0 Å². The zero-order valence-corrected chi connectivity index (χ0v) is 19.7. The minimum atomic E-state index is -4.47. The molecular formula is C24H24F3N5O2S. The van der Waals surface area contributed by atoms with Crippen LogP contribution in [0.3, 0.4) is 0 Å². The zero-order chi connectivity index (χ0) is 25.8. The van der Waals surface area contributed by atoms with Crippen LogP contribution in [0.5, 0.6) is 0 Å². The van der Waals surface area contributed by atoms with E-state index in [1.165, 1.54) is 6.07 Å². The molecule has 184 valence electrons. The second-order valence-corrected chi connectivity index (χ2v) is 8.57. The monoisotopic (exact) mass is 503 g/mol. The zero-order valence-electron chi connectivity index (χ0n) is 18.9. The molecule has 0 aliphatic heterocycles. The number of amidine groups is 1. The molecule has 6 N–H and O–H groups in total. The molecule has 35 heavy (non-hydrogen) atoms. The Morgan fingerprint density at radius 2 is 1.80 bits per heavy atom. The number of alkyl halides is 3. The molecule has 2 amide bonds. The molecule has 0 aliphatic carbocycles. The van der Waals surface area contributed by atoms with Gasteiger partial charge in [-0.25, -0.2) is 4.79 Å². The Labute approximate surface area is 204 Å². The number of thiophene rings is 1. The Morgan fingerprint density at radius 1 is 1.11 bits per heavy atom. The van der Waals surface area contributed by atoms with Gasteiger partial charge in [0, 0.05) is 29.1 Å². The number of rotatable bonds is 8. The highest BCUT2D eigenvalue weighted by Gasteiger charge is 2.31. The van der Waals surface area contributed by atoms with Crippen molar-refractivity contribution in [3.8, 4) is 0 Å². The third-order valence-electron chi connectivity index (χ3n) is 5.14. The van der Waals surface area contributed by atoms with Crippen molar-refractivity contribution in [1.82, 2.24) is 0 Å². The van der Waals surface area contributed by atoms with Gasteiger partial charge in [-0.15, -0.1) is 11.3 Å². The summed E-state index contributed by atoms with van der Waals surface area (Å²) in [4.78, 5) is 25.5. The second-order valence-electron chi connectivity index (χ2n) is 7.69. The Bertz CT molecular complexity index is 1240. The minimum Gasteiger partial charge on any atom is -0.384 e. The minimum absolute atomic E-state index is 0.104. The molecule has 1 heterocycles. The van der Waals surface area contributed by atoms with Crippen LogP contribution in [0.25, 0.3) is 0 Å². The predicted molar refractivity (Wildman–Crippen MR) is 133 cm³/mol. The Hall–Kier alpha value is -3.86. The molecule has 0 aliphatic rings. The topological polar surface area (TPSA) is 120 Å². The molecular weight excluding hydrogens is 479 g/mol. The second kappa shape index (κ2) is 10.6. The van der Waals surface area contributed by atoms with E-state index in [0.29, 0.717) is 27.4 Å². The number of Topliss-reactive ketones (excluding diaryl/α,β-unsaturated/α-hetero) is 1. The number of nitrogen functional groups attached to an aromatic ring is 1. The number of benzene rings is 2. The lowest BCUT2D eigenvalue weighted by atomic mass is 10.0. The molecule has 0 saturated heterocycles. The van der Waals surface area contributed by atoms with Crippen LogP contribution in [-0.2, 0) is 6.18 Å². The van der Waals surface area contributed by atoms with Gasteiger partial charge in [-0.1, -0.05) is 19.1 Å². The van der Waals surface area contributed by atoms with Crippen LogP contribution in [0.1, 0.15) is 52.7 Å². The summed E-state index contributed by atoms with van der Waals surface area (Å²) < 4.78 is 39.3. The van der Waals surface area contributed by atoms with Crippen LogP contribution in [0.2, 0.25) is 0 Å². The highest BCUT2D eigenvalue weighted by Crippen LogP contribution is 2.37. The highest BCUT2D eigenvalue weighted by atomic mass is 32.1. The summed E-state index contributed by atoms with van der Waals surface area (Å²) in [6.45, 7) is 3.38. The van der Waals surface area contributed by atoms with Crippen molar-refractivity contribution in [3.63, 3.8) is 0 Å². The number of carbonyl (C=O) groups excluding carboxylic acids is 2. The molecule has 3 aromatic rings. The summed E-state index contributed by atoms with van der Waals surface area (Å²) in [6.07, 6.45) is -4.25. The molecule has 1 aromatic heterocycles. The molecule has 0 saturated carbocycles. The number of anilines is 3. The largest absolute Gasteiger partial charge is 0.416 e. The normalized spacial score (nSPS) is 12.0. The maximum atomic E-state index is 13.1. The van der Waals surface area contributed by atoms with Crippen LogP contribution < -0.4 is 21.7 Å². The van der Waals surface area contributed by atoms with Crippen LogP contribution in [0.15, 0.2) is 53.9 Å². The number of nitrogens with two attached hydrogens (primary N) is 1. The first-order valence-electron chi connectivity index (χ1n) is 10.6. The number of nitrogens with one attached hydrogen (secondary N) is 4. The number of carbonyl (C=O) groups is 2. The lowest BCUT2D eigenvalue weighted by Gasteiger charge is -2.18. The Morgan fingerprint density at radius 3 is 2.40 bits per heavy atom. The fraction of sp³-hybridized carbons (Fsp3) is 0.208. The van der Waals surface area contributed by atoms with Gasteiger partial charge in [0.1, 0.15) is 5.84 Å². The maximum Gasteiger partial charge on any atom is 0.416 e. The van der Waals surface area contributed by atoms with Crippen molar-refractivity contribution in [2.75, 3.05) is 16.0 Å². The number of halogens is 3. The van der Waals surface area contributed by atoms with Crippen molar-refractivity contribution in [3.05, 3.63) is 75.5 Å². The Balaban J connectivity index is 1.82. The van der Waals surface area contributed by atoms with E-state index in [1.807, 2.05) is 0 Å². The average molecular weight is 504 g/mol. The van der Waals surface area contributed by atoms with Crippen molar-refractivity contribution in [1.29, 1.82) is 5.41 Å². The lowest BCUT2D eigenvalue weighted by molar-refractivity contribution is -0.137. The van der Waals surface area contributed by atoms with Crippen LogP contribution in [-0.4, -0.2) is 17.6 Å². The molecule has 2 aromatic carbocycles. The fourth-order valence-corrected chi connectivity index (χ4v) is 4.24. The Kier molecular flexibility index (Phi) is 7.80. The van der Waals surface area contributed by atoms with Gasteiger partial charge in [-0.2, -0.15) is 13.2 Å².